The largest absolute Gasteiger partial charge is 0.462 e. The van der Waals surface area contributed by atoms with E-state index in [2.05, 4.69) is 13.2 Å². The van der Waals surface area contributed by atoms with Crippen LogP contribution in [0.1, 0.15) is 40.5 Å². The van der Waals surface area contributed by atoms with Gasteiger partial charge in [-0.15, -0.1) is 23.2 Å². The van der Waals surface area contributed by atoms with Crippen LogP contribution in [-0.2, 0) is 33.3 Å². The highest BCUT2D eigenvalue weighted by molar-refractivity contribution is 6.23. The van der Waals surface area contributed by atoms with Crippen LogP contribution in [0.2, 0.25) is 0 Å². The molecule has 0 aromatic heterocycles. The first-order chi connectivity index (χ1) is 15.8. The first kappa shape index (κ1) is 25.5. The summed E-state index contributed by atoms with van der Waals surface area (Å²) in [6.07, 6.45) is -4.51. The molecule has 8 nitrogen and oxygen atoms in total. The van der Waals surface area contributed by atoms with Gasteiger partial charge in [0.2, 0.25) is 0 Å². The average Bonchev–Trinajstić information content (AvgIpc) is 3.00. The molecule has 2 bridgehead atoms. The number of alkyl halides is 2. The van der Waals surface area contributed by atoms with Gasteiger partial charge in [-0.25, -0.2) is 0 Å². The first-order valence-electron chi connectivity index (χ1n) is 11.3. The minimum absolute atomic E-state index is 0.120. The van der Waals surface area contributed by atoms with Gasteiger partial charge in [0.1, 0.15) is 17.8 Å². The molecule has 3 heterocycles. The normalized spacial score (nSPS) is 48.1. The number of hydrogen-bond acceptors (Lipinski definition) is 8. The van der Waals surface area contributed by atoms with E-state index in [1.165, 1.54) is 13.8 Å². The molecule has 1 saturated carbocycles. The molecular formula is C24H30Cl2O8. The van der Waals surface area contributed by atoms with E-state index in [1.807, 2.05) is 0 Å². The van der Waals surface area contributed by atoms with E-state index in [-0.39, 0.29) is 12.8 Å². The lowest BCUT2D eigenvalue weighted by atomic mass is 9.53. The smallest absolute Gasteiger partial charge is 0.312 e. The van der Waals surface area contributed by atoms with E-state index in [1.54, 1.807) is 13.8 Å². The Morgan fingerprint density at radius 1 is 1.09 bits per heavy atom. The Morgan fingerprint density at radius 3 is 2.21 bits per heavy atom. The first-order valence-corrected chi connectivity index (χ1v) is 12.2. The van der Waals surface area contributed by atoms with E-state index in [0.29, 0.717) is 11.1 Å². The summed E-state index contributed by atoms with van der Waals surface area (Å²) in [6, 6.07) is 0. The number of carbonyl (C=O) groups excluding carboxylic acids is 3. The maximum absolute atomic E-state index is 12.7. The van der Waals surface area contributed by atoms with Gasteiger partial charge in [0.15, 0.2) is 6.10 Å². The molecule has 11 unspecified atom stereocenters. The molecule has 0 aromatic rings. The number of aliphatic hydroxyl groups is 1. The lowest BCUT2D eigenvalue weighted by molar-refractivity contribution is -0.264. The molecule has 0 amide bonds. The highest BCUT2D eigenvalue weighted by Gasteiger charge is 2.72. The van der Waals surface area contributed by atoms with Gasteiger partial charge >= 0.3 is 17.9 Å². The Morgan fingerprint density at radius 2 is 1.65 bits per heavy atom. The molecule has 10 heteroatoms. The molecule has 4 aliphatic rings. The Balaban J connectivity index is 1.96. The van der Waals surface area contributed by atoms with Crippen molar-refractivity contribution in [3.05, 3.63) is 24.3 Å². The number of hydrogen-bond donors (Lipinski definition) is 1. The third-order valence-corrected chi connectivity index (χ3v) is 9.17. The molecule has 11 atom stereocenters. The van der Waals surface area contributed by atoms with Gasteiger partial charge in [-0.3, -0.25) is 14.4 Å². The van der Waals surface area contributed by atoms with Crippen LogP contribution in [0.3, 0.4) is 0 Å². The lowest BCUT2D eigenvalue weighted by Gasteiger charge is -2.60. The van der Waals surface area contributed by atoms with E-state index in [9.17, 15) is 19.5 Å². The number of aliphatic hydroxyl groups excluding tert-OH is 1. The van der Waals surface area contributed by atoms with E-state index in [4.69, 9.17) is 42.1 Å². The molecule has 34 heavy (non-hydrogen) atoms. The number of rotatable bonds is 2. The van der Waals surface area contributed by atoms with Crippen molar-refractivity contribution in [2.75, 3.05) is 0 Å². The molecule has 0 aromatic carbocycles. The van der Waals surface area contributed by atoms with E-state index in [0.717, 1.165) is 0 Å². The summed E-state index contributed by atoms with van der Waals surface area (Å²) in [5.41, 5.74) is -1.76. The third-order valence-electron chi connectivity index (χ3n) is 8.20. The van der Waals surface area contributed by atoms with Crippen molar-refractivity contribution in [3.8, 4) is 0 Å². The van der Waals surface area contributed by atoms with Crippen LogP contribution < -0.4 is 0 Å². The summed E-state index contributed by atoms with van der Waals surface area (Å²) >= 11 is 13.4. The fourth-order valence-electron chi connectivity index (χ4n) is 6.39. The Kier molecular flexibility index (Phi) is 6.37. The Hall–Kier alpha value is -1.61. The highest BCUT2D eigenvalue weighted by Crippen LogP contribution is 2.60. The van der Waals surface area contributed by atoms with Gasteiger partial charge in [-0.05, 0) is 12.5 Å². The Bertz CT molecular complexity index is 951. The molecule has 4 rings (SSSR count). The summed E-state index contributed by atoms with van der Waals surface area (Å²) in [5.74, 6) is -3.39. The van der Waals surface area contributed by atoms with Crippen LogP contribution in [0, 0.1) is 17.3 Å². The average molecular weight is 517 g/mol. The minimum atomic E-state index is -1.53. The molecular weight excluding hydrogens is 487 g/mol. The molecule has 3 saturated heterocycles. The van der Waals surface area contributed by atoms with Crippen LogP contribution in [0.25, 0.3) is 0 Å². The quantitative estimate of drug-likeness (QED) is 0.258. The van der Waals surface area contributed by atoms with Gasteiger partial charge < -0.3 is 24.1 Å². The maximum Gasteiger partial charge on any atom is 0.312 e. The van der Waals surface area contributed by atoms with Crippen molar-refractivity contribution in [2.45, 2.75) is 87.4 Å². The fourth-order valence-corrected chi connectivity index (χ4v) is 7.08. The lowest BCUT2D eigenvalue weighted by Crippen LogP contribution is -2.72. The second kappa shape index (κ2) is 8.50. The zero-order valence-corrected chi connectivity index (χ0v) is 21.1. The Labute approximate surface area is 208 Å². The summed E-state index contributed by atoms with van der Waals surface area (Å²) < 4.78 is 23.6. The van der Waals surface area contributed by atoms with Crippen molar-refractivity contribution in [2.24, 2.45) is 17.3 Å². The maximum atomic E-state index is 12.7. The molecule has 1 N–H and O–H groups in total. The molecule has 1 aliphatic carbocycles. The second-order valence-corrected chi connectivity index (χ2v) is 11.0. The van der Waals surface area contributed by atoms with Crippen LogP contribution >= 0.6 is 23.2 Å². The predicted octanol–water partition coefficient (Wildman–Crippen LogP) is 2.67. The van der Waals surface area contributed by atoms with Crippen LogP contribution in [-0.4, -0.2) is 69.9 Å². The van der Waals surface area contributed by atoms with Gasteiger partial charge in [0.25, 0.3) is 0 Å². The second-order valence-electron chi connectivity index (χ2n) is 10.0. The highest BCUT2D eigenvalue weighted by atomic mass is 35.5. The van der Waals surface area contributed by atoms with E-state index >= 15 is 0 Å². The SMILES string of the molecule is C=C1C2CC(OC(C)=O)C3(C)C(OC(C)=O)CC(Cl)C(=C)C3C(O)C3(O2)C(C)C(=O)OC3C1Cl. The van der Waals surface area contributed by atoms with Crippen LogP contribution in [0.5, 0.6) is 0 Å². The summed E-state index contributed by atoms with van der Waals surface area (Å²) in [5, 5.41) is 10.6. The predicted molar refractivity (Wildman–Crippen MR) is 122 cm³/mol. The number of carbonyl (C=O) groups is 3. The van der Waals surface area contributed by atoms with Crippen molar-refractivity contribution >= 4 is 41.1 Å². The van der Waals surface area contributed by atoms with E-state index < -0.39 is 82.0 Å². The summed E-state index contributed by atoms with van der Waals surface area (Å²) in [7, 11) is 0. The number of ether oxygens (including phenoxy) is 4. The van der Waals surface area contributed by atoms with Crippen LogP contribution in [0.4, 0.5) is 0 Å². The fraction of sp³-hybridized carbons (Fsp3) is 0.708. The molecule has 188 valence electrons. The van der Waals surface area contributed by atoms with Crippen molar-refractivity contribution in [1.29, 1.82) is 0 Å². The zero-order chi connectivity index (χ0) is 25.3. The van der Waals surface area contributed by atoms with Gasteiger partial charge in [0.05, 0.1) is 34.3 Å². The van der Waals surface area contributed by atoms with Crippen molar-refractivity contribution < 1.29 is 38.4 Å². The summed E-state index contributed by atoms with van der Waals surface area (Å²) in [4.78, 5) is 37.0. The number of esters is 3. The van der Waals surface area contributed by atoms with Gasteiger partial charge in [-0.1, -0.05) is 25.7 Å². The van der Waals surface area contributed by atoms with Crippen molar-refractivity contribution in [3.63, 3.8) is 0 Å². The van der Waals surface area contributed by atoms with Crippen molar-refractivity contribution in [1.82, 2.24) is 0 Å². The minimum Gasteiger partial charge on any atom is -0.462 e. The third kappa shape index (κ3) is 3.44. The molecule has 0 radical (unpaired) electrons. The van der Waals surface area contributed by atoms with Gasteiger partial charge in [-0.2, -0.15) is 0 Å². The topological polar surface area (TPSA) is 108 Å². The van der Waals surface area contributed by atoms with Crippen LogP contribution in [0.15, 0.2) is 24.3 Å². The zero-order valence-electron chi connectivity index (χ0n) is 19.6. The van der Waals surface area contributed by atoms with Gasteiger partial charge in [0, 0.05) is 32.6 Å². The number of fused-ring (bicyclic) bond motifs is 2. The molecule has 3 aliphatic heterocycles. The molecule has 4 fully saturated rings. The standard InChI is InChI=1S/C24H30Cl2O8/c1-9-14(25)7-16(31-12(4)27)23(6)17(32-13(5)28)8-15-10(2)19(26)21-24(34-15,20(29)18(9)23)11(3)22(30)33-21/h11,14-21,29H,1-2,7-8H2,3-6H3. The molecule has 1 spiro atoms. The monoisotopic (exact) mass is 516 g/mol. The number of halogens is 2. The summed E-state index contributed by atoms with van der Waals surface area (Å²) in [6.45, 7) is 14.2.